The van der Waals surface area contributed by atoms with Gasteiger partial charge in [-0.05, 0) is 86.9 Å². The SMILES string of the molecule is CC(C)C[C@H](NC(=O)[C@H](CO)NC(=O)[C@H](CCC(=O)O)NC(=O)CNC(=O)[C@H](C)NC(=O)c1ccc(OC(F)(F)F)cc1)C(=O)N[C@@H](CCc1ccc(O)cc1)C(=O)N[C@@H](CCC(=O)O)C(N)=O. The van der Waals surface area contributed by atoms with Crippen molar-refractivity contribution >= 4 is 59.2 Å². The van der Waals surface area contributed by atoms with Gasteiger partial charge in [0.25, 0.3) is 5.91 Å². The van der Waals surface area contributed by atoms with Gasteiger partial charge in [0, 0.05) is 18.4 Å². The second-order valence-electron chi connectivity index (χ2n) is 15.6. The lowest BCUT2D eigenvalue weighted by Crippen LogP contribution is -2.60. The predicted molar refractivity (Wildman–Crippen MR) is 229 cm³/mol. The quantitative estimate of drug-likeness (QED) is 0.0478. The summed E-state index contributed by atoms with van der Waals surface area (Å²) in [5, 5.41) is 54.2. The number of phenols is 1. The van der Waals surface area contributed by atoms with Crippen LogP contribution in [-0.4, -0.2) is 135 Å². The van der Waals surface area contributed by atoms with E-state index in [2.05, 4.69) is 42.0 Å². The average molecular weight is 969 g/mol. The number of hydrogen-bond donors (Lipinski definition) is 12. The number of hydrogen-bond acceptors (Lipinski definition) is 13. The van der Waals surface area contributed by atoms with Crippen LogP contribution >= 0.6 is 0 Å². The Morgan fingerprint density at radius 2 is 1.12 bits per heavy atom. The number of aliphatic carboxylic acids is 2. The van der Waals surface area contributed by atoms with Crippen molar-refractivity contribution in [3.8, 4) is 11.5 Å². The molecule has 0 aliphatic heterocycles. The number of aliphatic hydroxyl groups excluding tert-OH is 1. The Hall–Kier alpha value is -7.51. The van der Waals surface area contributed by atoms with Gasteiger partial charge in [-0.1, -0.05) is 26.0 Å². The molecule has 374 valence electrons. The molecule has 0 saturated heterocycles. The van der Waals surface area contributed by atoms with Gasteiger partial charge in [0.05, 0.1) is 13.2 Å². The van der Waals surface area contributed by atoms with E-state index in [-0.39, 0.29) is 42.9 Å². The second kappa shape index (κ2) is 27.2. The van der Waals surface area contributed by atoms with E-state index >= 15 is 0 Å². The molecular formula is C42H55F3N8O15. The molecule has 0 unspecified atom stereocenters. The molecule has 0 bridgehead atoms. The first kappa shape index (κ1) is 56.6. The van der Waals surface area contributed by atoms with Crippen molar-refractivity contribution in [2.45, 2.75) is 108 Å². The molecule has 0 aliphatic rings. The molecule has 0 saturated carbocycles. The molecule has 23 nitrogen and oxygen atoms in total. The largest absolute Gasteiger partial charge is 0.573 e. The summed E-state index contributed by atoms with van der Waals surface area (Å²) in [5.74, 6) is -11.7. The van der Waals surface area contributed by atoms with Crippen LogP contribution in [0.2, 0.25) is 0 Å². The Balaban J connectivity index is 2.16. The van der Waals surface area contributed by atoms with E-state index in [9.17, 15) is 76.4 Å². The fourth-order valence-electron chi connectivity index (χ4n) is 6.04. The Bertz CT molecular complexity index is 2110. The van der Waals surface area contributed by atoms with Crippen LogP contribution in [0.15, 0.2) is 48.5 Å². The summed E-state index contributed by atoms with van der Waals surface area (Å²) in [6.07, 6.45) is -7.17. The van der Waals surface area contributed by atoms with Crippen LogP contribution in [0.3, 0.4) is 0 Å². The van der Waals surface area contributed by atoms with Gasteiger partial charge in [0.15, 0.2) is 0 Å². The molecule has 26 heteroatoms. The minimum Gasteiger partial charge on any atom is -0.508 e. The van der Waals surface area contributed by atoms with Gasteiger partial charge >= 0.3 is 18.3 Å². The Morgan fingerprint density at radius 1 is 0.632 bits per heavy atom. The van der Waals surface area contributed by atoms with Crippen molar-refractivity contribution in [3.63, 3.8) is 0 Å². The number of aromatic hydroxyl groups is 1. The molecule has 6 atom stereocenters. The number of phenolic OH excluding ortho intramolecular Hbond substituents is 1. The van der Waals surface area contributed by atoms with E-state index in [0.717, 1.165) is 24.3 Å². The fraction of sp³-hybridized carbons (Fsp3) is 0.476. The summed E-state index contributed by atoms with van der Waals surface area (Å²) < 4.78 is 41.1. The van der Waals surface area contributed by atoms with Crippen LogP contribution in [0.5, 0.6) is 11.5 Å². The number of carbonyl (C=O) groups excluding carboxylic acids is 8. The molecule has 2 aromatic carbocycles. The van der Waals surface area contributed by atoms with Gasteiger partial charge in [-0.3, -0.25) is 47.9 Å². The maximum absolute atomic E-state index is 13.8. The van der Waals surface area contributed by atoms with E-state index in [4.69, 9.17) is 10.8 Å². The number of primary amides is 1. The number of carbonyl (C=O) groups is 10. The minimum absolute atomic E-state index is 0.0409. The van der Waals surface area contributed by atoms with Crippen LogP contribution in [-0.2, 0) is 49.6 Å². The third-order valence-electron chi connectivity index (χ3n) is 9.57. The Labute approximate surface area is 386 Å². The topological polar surface area (TPSA) is 371 Å². The summed E-state index contributed by atoms with van der Waals surface area (Å²) in [5.41, 5.74) is 5.86. The first-order valence-corrected chi connectivity index (χ1v) is 20.8. The summed E-state index contributed by atoms with van der Waals surface area (Å²) in [7, 11) is 0. The van der Waals surface area contributed by atoms with Crippen molar-refractivity contribution in [1.82, 2.24) is 37.2 Å². The van der Waals surface area contributed by atoms with Crippen molar-refractivity contribution < 1.29 is 86.3 Å². The number of ether oxygens (including phenoxy) is 1. The molecule has 2 rings (SSSR count). The summed E-state index contributed by atoms with van der Waals surface area (Å²) in [4.78, 5) is 127. The van der Waals surface area contributed by atoms with E-state index in [1.807, 2.05) is 0 Å². The smallest absolute Gasteiger partial charge is 0.508 e. The molecule has 0 aliphatic carbocycles. The lowest BCUT2D eigenvalue weighted by Gasteiger charge is -2.27. The maximum Gasteiger partial charge on any atom is 0.573 e. The molecule has 0 radical (unpaired) electrons. The normalized spacial score (nSPS) is 13.8. The number of alkyl halides is 3. The van der Waals surface area contributed by atoms with E-state index in [0.29, 0.717) is 5.56 Å². The molecule has 0 spiro atoms. The van der Waals surface area contributed by atoms with Crippen LogP contribution in [0.25, 0.3) is 0 Å². The molecule has 68 heavy (non-hydrogen) atoms. The summed E-state index contributed by atoms with van der Waals surface area (Å²) in [6.45, 7) is 2.68. The highest BCUT2D eigenvalue weighted by atomic mass is 19.4. The van der Waals surface area contributed by atoms with Gasteiger partial charge in [-0.25, -0.2) is 0 Å². The number of carboxylic acids is 2. The number of amides is 8. The summed E-state index contributed by atoms with van der Waals surface area (Å²) >= 11 is 0. The highest BCUT2D eigenvalue weighted by molar-refractivity contribution is 5.99. The average Bonchev–Trinajstić information content (AvgIpc) is 3.25. The minimum atomic E-state index is -4.97. The monoisotopic (exact) mass is 968 g/mol. The zero-order valence-corrected chi connectivity index (χ0v) is 37.0. The first-order valence-electron chi connectivity index (χ1n) is 20.8. The van der Waals surface area contributed by atoms with Crippen LogP contribution in [0, 0.1) is 5.92 Å². The molecular weight excluding hydrogens is 913 g/mol. The van der Waals surface area contributed by atoms with Gasteiger partial charge < -0.3 is 68.1 Å². The number of rotatable bonds is 28. The highest BCUT2D eigenvalue weighted by Crippen LogP contribution is 2.23. The number of nitrogens with two attached hydrogens (primary N) is 1. The van der Waals surface area contributed by atoms with Crippen molar-refractivity contribution in [2.24, 2.45) is 11.7 Å². The van der Waals surface area contributed by atoms with Crippen molar-refractivity contribution in [3.05, 3.63) is 59.7 Å². The number of nitrogens with one attached hydrogen (secondary N) is 7. The molecule has 0 heterocycles. The molecule has 0 aromatic heterocycles. The van der Waals surface area contributed by atoms with Gasteiger partial charge in [0.2, 0.25) is 41.4 Å². The lowest BCUT2D eigenvalue weighted by molar-refractivity contribution is -0.274. The summed E-state index contributed by atoms with van der Waals surface area (Å²) in [6, 6.07) is 0.538. The number of aryl methyl sites for hydroxylation is 1. The maximum atomic E-state index is 13.8. The van der Waals surface area contributed by atoms with Gasteiger partial charge in [-0.15, -0.1) is 13.2 Å². The van der Waals surface area contributed by atoms with Gasteiger partial charge in [-0.2, -0.15) is 0 Å². The van der Waals surface area contributed by atoms with E-state index in [1.54, 1.807) is 26.0 Å². The molecule has 2 aromatic rings. The number of aliphatic hydroxyl groups is 1. The van der Waals surface area contributed by atoms with Crippen molar-refractivity contribution in [1.29, 1.82) is 0 Å². The van der Waals surface area contributed by atoms with Crippen LogP contribution in [0.4, 0.5) is 13.2 Å². The Kier molecular flexibility index (Phi) is 22.7. The number of halogens is 3. The third-order valence-corrected chi connectivity index (χ3v) is 9.57. The second-order valence-corrected chi connectivity index (χ2v) is 15.6. The zero-order valence-electron chi connectivity index (χ0n) is 37.0. The number of benzene rings is 2. The first-order chi connectivity index (χ1) is 31.8. The molecule has 8 amide bonds. The third kappa shape index (κ3) is 21.2. The number of carboxylic acid groups (broad SMARTS) is 2. The molecule has 13 N–H and O–H groups in total. The Morgan fingerprint density at radius 3 is 1.63 bits per heavy atom. The van der Waals surface area contributed by atoms with Gasteiger partial charge in [0.1, 0.15) is 47.8 Å². The predicted octanol–water partition coefficient (Wildman–Crippen LogP) is -1.16. The van der Waals surface area contributed by atoms with Crippen molar-refractivity contribution in [2.75, 3.05) is 13.2 Å². The fourth-order valence-corrected chi connectivity index (χ4v) is 6.04. The highest BCUT2D eigenvalue weighted by Gasteiger charge is 2.34. The van der Waals surface area contributed by atoms with Crippen LogP contribution in [0.1, 0.15) is 75.2 Å². The van der Waals surface area contributed by atoms with Crippen LogP contribution < -0.4 is 47.7 Å². The zero-order chi connectivity index (χ0) is 51.3. The van der Waals surface area contributed by atoms with E-state index < -0.39 is 140 Å². The molecule has 0 fully saturated rings. The van der Waals surface area contributed by atoms with E-state index in [1.165, 1.54) is 19.1 Å². The standard InChI is InChI=1S/C42H55F3N8O15/c1-21(2)18-30(40(66)51-29(13-6-23-4-9-25(55)10-5-23)39(65)50-27(35(46)61)14-16-33(57)58)52-41(67)31(20-54)53-38(64)28(15-17-34(59)60)49-32(56)19-47-36(62)22(3)48-37(63)24-7-11-26(12-8-24)68-42(43,44)45/h4-5,7-12,21-22,27-31,54-55H,6,13-20H2,1-3H3,(H2,46,61)(H,47,62)(H,48,63)(H,49,56)(H,50,65)(H,51,66)(H,52,67)(H,53,64)(H,57,58)(H,59,60)/t22-,27-,28-,29-,30-,31-/m0/s1. The lowest BCUT2D eigenvalue weighted by atomic mass is 10.00.